The Bertz CT molecular complexity index is 1870. The molecule has 0 radical (unpaired) electrons. The number of hydrogen-bond acceptors (Lipinski definition) is 0. The Hall–Kier alpha value is 5.46. The van der Waals surface area contributed by atoms with Gasteiger partial charge >= 0.3 is 0 Å². The van der Waals surface area contributed by atoms with Gasteiger partial charge in [0.15, 0.2) is 0 Å². The third-order valence-electron chi connectivity index (χ3n) is 8.52. The smallest absolute Gasteiger partial charge is 0.147 e. The molecule has 6 aliphatic rings. The zero-order chi connectivity index (χ0) is 46.9. The molecular formula is C30H6Cl30O3. The number of allylic oxidation sites excluding steroid dienone is 24. The van der Waals surface area contributed by atoms with E-state index < -0.39 is 29.2 Å². The lowest BCUT2D eigenvalue weighted by atomic mass is 9.92. The summed E-state index contributed by atoms with van der Waals surface area (Å²) in [7, 11) is 0. The van der Waals surface area contributed by atoms with Crippen molar-refractivity contribution >= 4 is 348 Å². The summed E-state index contributed by atoms with van der Waals surface area (Å²) in [6.45, 7) is 0. The van der Waals surface area contributed by atoms with Crippen LogP contribution in [0.1, 0.15) is 0 Å². The molecule has 0 atom stereocenters. The summed E-state index contributed by atoms with van der Waals surface area (Å²) < 4.78 is 0. The molecule has 0 spiro atoms. The highest BCUT2D eigenvalue weighted by atomic mass is 35.5. The van der Waals surface area contributed by atoms with Crippen LogP contribution in [0.5, 0.6) is 0 Å². The van der Waals surface area contributed by atoms with Gasteiger partial charge in [-0.05, 0) is 0 Å². The van der Waals surface area contributed by atoms with E-state index >= 15 is 0 Å². The van der Waals surface area contributed by atoms with E-state index in [4.69, 9.17) is 348 Å². The fraction of sp³-hybridized carbons (Fsp3) is 0.200. The van der Waals surface area contributed by atoms with E-state index in [1.807, 2.05) is 0 Å². The Kier molecular flexibility index (Phi) is 24.4. The Morgan fingerprint density at radius 2 is 0.190 bits per heavy atom. The monoisotopic (exact) mass is 1460 g/mol. The minimum Gasteiger partial charge on any atom is -0.412 e. The van der Waals surface area contributed by atoms with Crippen LogP contribution in [0.2, 0.25) is 0 Å². The fourth-order valence-corrected chi connectivity index (χ4v) is 16.5. The maximum atomic E-state index is 6.49. The molecule has 0 saturated heterocycles. The Morgan fingerprint density at radius 3 is 0.238 bits per heavy atom. The van der Waals surface area contributed by atoms with E-state index in [1.165, 1.54) is 0 Å². The molecule has 33 heteroatoms. The van der Waals surface area contributed by atoms with Crippen LogP contribution < -0.4 is 0 Å². The van der Waals surface area contributed by atoms with Crippen LogP contribution in [-0.4, -0.2) is 45.7 Å². The summed E-state index contributed by atoms with van der Waals surface area (Å²) in [5, 5.41) is -2.17. The molecule has 0 aromatic heterocycles. The molecule has 0 bridgehead atoms. The summed E-state index contributed by atoms with van der Waals surface area (Å²) in [4.78, 5) is -10.9. The summed E-state index contributed by atoms with van der Waals surface area (Å²) in [6.07, 6.45) is 0. The van der Waals surface area contributed by atoms with Crippen LogP contribution in [0.3, 0.4) is 0 Å². The Morgan fingerprint density at radius 1 is 0.143 bits per heavy atom. The molecule has 0 saturated carbocycles. The minimum atomic E-state index is -1.81. The van der Waals surface area contributed by atoms with E-state index in [0.717, 1.165) is 0 Å². The van der Waals surface area contributed by atoms with Crippen molar-refractivity contribution in [3.05, 3.63) is 121 Å². The molecule has 63 heavy (non-hydrogen) atoms. The second-order valence-electron chi connectivity index (χ2n) is 11.5. The lowest BCUT2D eigenvalue weighted by Crippen LogP contribution is -2.46. The van der Waals surface area contributed by atoms with Crippen molar-refractivity contribution in [2.24, 2.45) is 0 Å². The van der Waals surface area contributed by atoms with Gasteiger partial charge < -0.3 is 16.4 Å². The number of rotatable bonds is 3. The van der Waals surface area contributed by atoms with Gasteiger partial charge in [0.25, 0.3) is 0 Å². The first kappa shape index (κ1) is 66.5. The molecule has 0 heterocycles. The summed E-state index contributed by atoms with van der Waals surface area (Å²) in [5.41, 5.74) is 0. The predicted octanol–water partition coefficient (Wildman–Crippen LogP) is 20.7. The van der Waals surface area contributed by atoms with Gasteiger partial charge in [-0.3, -0.25) is 0 Å². The first-order chi connectivity index (χ1) is 27.1. The molecular weight excluding hydrogens is 1470 g/mol. The van der Waals surface area contributed by atoms with Crippen molar-refractivity contribution in [1.29, 1.82) is 0 Å². The van der Waals surface area contributed by atoms with Crippen LogP contribution in [0.15, 0.2) is 121 Å². The topological polar surface area (TPSA) is 94.5 Å². The molecule has 0 amide bonds. The van der Waals surface area contributed by atoms with E-state index in [-0.39, 0.29) is 137 Å². The average molecular weight is 1480 g/mol. The van der Waals surface area contributed by atoms with E-state index in [0.29, 0.717) is 0 Å². The van der Waals surface area contributed by atoms with E-state index in [1.54, 1.807) is 0 Å². The van der Waals surface area contributed by atoms with Crippen LogP contribution in [0.25, 0.3) is 0 Å². The van der Waals surface area contributed by atoms with Gasteiger partial charge in [0, 0.05) is 0 Å². The van der Waals surface area contributed by atoms with Crippen molar-refractivity contribution in [2.75, 3.05) is 0 Å². The molecule has 0 fully saturated rings. The summed E-state index contributed by atoms with van der Waals surface area (Å²) in [6, 6.07) is 0. The molecule has 6 aliphatic carbocycles. The van der Waals surface area contributed by atoms with Crippen molar-refractivity contribution in [1.82, 2.24) is 0 Å². The van der Waals surface area contributed by atoms with Crippen molar-refractivity contribution in [3.63, 3.8) is 0 Å². The average Bonchev–Trinajstić information content (AvgIpc) is 3.74. The van der Waals surface area contributed by atoms with Crippen LogP contribution in [-0.2, 0) is 0 Å². The highest BCUT2D eigenvalue weighted by molar-refractivity contribution is 6.69. The van der Waals surface area contributed by atoms with Gasteiger partial charge in [-0.2, -0.15) is 0 Å². The second kappa shape index (κ2) is 23.1. The Labute approximate surface area is 507 Å². The molecule has 6 rings (SSSR count). The van der Waals surface area contributed by atoms with Gasteiger partial charge in [0.05, 0.1) is 121 Å². The maximum Gasteiger partial charge on any atom is 0.147 e. The van der Waals surface area contributed by atoms with Crippen LogP contribution in [0, 0.1) is 0 Å². The lowest BCUT2D eigenvalue weighted by Gasteiger charge is -2.38. The van der Waals surface area contributed by atoms with Gasteiger partial charge in [0.1, 0.15) is 29.2 Å². The zero-order valence-electron chi connectivity index (χ0n) is 27.8. The molecule has 354 valence electrons. The van der Waals surface area contributed by atoms with Crippen LogP contribution in [0.4, 0.5) is 0 Å². The standard InChI is InChI=1S/3C10Cl10.3H2O/c3*11-1-2(12)6(16)9(19,5(1)15)10(20)7(17)3(13)4(14)8(10)18;;;/h;;;3*1H2. The van der Waals surface area contributed by atoms with Gasteiger partial charge in [0.2, 0.25) is 0 Å². The van der Waals surface area contributed by atoms with Gasteiger partial charge in [-0.1, -0.05) is 278 Å². The Balaban J connectivity index is 0.000000462. The maximum absolute atomic E-state index is 6.49. The molecule has 0 aromatic carbocycles. The number of alkyl halides is 6. The highest BCUT2D eigenvalue weighted by Gasteiger charge is 2.67. The number of hydrogen-bond donors (Lipinski definition) is 0. The molecule has 0 aliphatic heterocycles. The predicted molar refractivity (Wildman–Crippen MR) is 287 cm³/mol. The third kappa shape index (κ3) is 9.28. The largest absolute Gasteiger partial charge is 0.412 e. The molecule has 3 nitrogen and oxygen atoms in total. The SMILES string of the molecule is ClC1=C(Cl)C(Cl)(C2(Cl)C(Cl)=C(Cl)C(Cl)=C2Cl)C(Cl)=C1Cl.ClC1=C(Cl)C(Cl)(C2(Cl)C(Cl)=C(Cl)C(Cl)=C2Cl)C(Cl)=C1Cl.ClC1=C(Cl)C(Cl)(C2(Cl)C(Cl)=C(Cl)C(Cl)=C2Cl)C(Cl)=C1Cl.O.O.O. The normalized spacial score (nSPS) is 24.3. The van der Waals surface area contributed by atoms with Crippen molar-refractivity contribution in [3.8, 4) is 0 Å². The number of halogens is 30. The first-order valence-corrected chi connectivity index (χ1v) is 25.3. The zero-order valence-corrected chi connectivity index (χ0v) is 50.5. The van der Waals surface area contributed by atoms with Gasteiger partial charge in [-0.15, -0.1) is 69.6 Å². The third-order valence-corrected chi connectivity index (χ3v) is 25.9. The first-order valence-electron chi connectivity index (χ1n) is 13.9. The second-order valence-corrected chi connectivity index (χ2v) is 24.0. The highest BCUT2D eigenvalue weighted by Crippen LogP contribution is 2.70. The van der Waals surface area contributed by atoms with E-state index in [2.05, 4.69) is 0 Å². The quantitative estimate of drug-likeness (QED) is 0.252. The summed E-state index contributed by atoms with van der Waals surface area (Å²) in [5.74, 6) is 0. The van der Waals surface area contributed by atoms with Crippen molar-refractivity contribution in [2.45, 2.75) is 29.2 Å². The van der Waals surface area contributed by atoms with Gasteiger partial charge in [-0.25, -0.2) is 0 Å². The van der Waals surface area contributed by atoms with Crippen LogP contribution >= 0.6 is 348 Å². The van der Waals surface area contributed by atoms with Crippen molar-refractivity contribution < 1.29 is 16.4 Å². The van der Waals surface area contributed by atoms with E-state index in [9.17, 15) is 0 Å². The lowest BCUT2D eigenvalue weighted by molar-refractivity contribution is 0.723. The molecule has 0 unspecified atom stereocenters. The molecule has 0 aromatic rings. The molecule has 6 N–H and O–H groups in total. The minimum absolute atomic E-state index is 0. The summed E-state index contributed by atoms with van der Waals surface area (Å²) >= 11 is 184. The fourth-order valence-electron chi connectivity index (χ4n) is 5.36.